The Kier molecular flexibility index (Phi) is 5.97. The summed E-state index contributed by atoms with van der Waals surface area (Å²) < 4.78 is 5.86. The Morgan fingerprint density at radius 2 is 1.67 bits per heavy atom. The van der Waals surface area contributed by atoms with Gasteiger partial charge in [0.2, 0.25) is 0 Å². The molecule has 2 aliphatic carbocycles. The van der Waals surface area contributed by atoms with E-state index in [2.05, 4.69) is 12.2 Å². The van der Waals surface area contributed by atoms with Gasteiger partial charge in [0.05, 0.1) is 6.10 Å². The molecular formula is C16H31NO. The van der Waals surface area contributed by atoms with Crippen molar-refractivity contribution in [3.8, 4) is 0 Å². The minimum Gasteiger partial charge on any atom is -0.380 e. The summed E-state index contributed by atoms with van der Waals surface area (Å²) in [4.78, 5) is 0. The van der Waals surface area contributed by atoms with Crippen LogP contribution in [0.3, 0.4) is 0 Å². The van der Waals surface area contributed by atoms with Crippen LogP contribution in [0, 0.1) is 11.8 Å². The van der Waals surface area contributed by atoms with Crippen molar-refractivity contribution in [1.82, 2.24) is 5.32 Å². The quantitative estimate of drug-likeness (QED) is 0.698. The van der Waals surface area contributed by atoms with Crippen molar-refractivity contribution in [3.63, 3.8) is 0 Å². The van der Waals surface area contributed by atoms with Crippen molar-refractivity contribution in [3.05, 3.63) is 0 Å². The Bertz CT molecular complexity index is 219. The summed E-state index contributed by atoms with van der Waals surface area (Å²) in [5.41, 5.74) is 0. The Labute approximate surface area is 113 Å². The predicted molar refractivity (Wildman–Crippen MR) is 76.8 cm³/mol. The summed E-state index contributed by atoms with van der Waals surface area (Å²) in [6.45, 7) is 3.41. The van der Waals surface area contributed by atoms with E-state index in [4.69, 9.17) is 4.74 Å². The van der Waals surface area contributed by atoms with Gasteiger partial charge >= 0.3 is 0 Å². The first-order chi connectivity index (χ1) is 8.86. The van der Waals surface area contributed by atoms with E-state index in [1.54, 1.807) is 0 Å². The molecule has 2 rings (SSSR count). The molecule has 0 saturated heterocycles. The first-order valence-corrected chi connectivity index (χ1v) is 8.13. The highest BCUT2D eigenvalue weighted by atomic mass is 16.5. The zero-order valence-electron chi connectivity index (χ0n) is 12.3. The van der Waals surface area contributed by atoms with Crippen molar-refractivity contribution in [2.24, 2.45) is 11.8 Å². The molecule has 106 valence electrons. The Hall–Kier alpha value is -0.0800. The number of nitrogens with one attached hydrogen (secondary N) is 1. The minimum atomic E-state index is 0.472. The number of hydrogen-bond donors (Lipinski definition) is 1. The topological polar surface area (TPSA) is 21.3 Å². The summed E-state index contributed by atoms with van der Waals surface area (Å²) in [5, 5.41) is 3.81. The Balaban J connectivity index is 1.96. The maximum absolute atomic E-state index is 5.86. The molecule has 0 spiro atoms. The lowest BCUT2D eigenvalue weighted by molar-refractivity contribution is 0.0282. The lowest BCUT2D eigenvalue weighted by Crippen LogP contribution is -2.47. The van der Waals surface area contributed by atoms with Gasteiger partial charge in [0, 0.05) is 13.2 Å². The van der Waals surface area contributed by atoms with Crippen LogP contribution in [0.1, 0.15) is 64.7 Å². The molecule has 0 aromatic carbocycles. The fourth-order valence-electron chi connectivity index (χ4n) is 3.59. The molecule has 0 aliphatic heterocycles. The van der Waals surface area contributed by atoms with Gasteiger partial charge in [0.1, 0.15) is 0 Å². The minimum absolute atomic E-state index is 0.472. The third-order valence-electron chi connectivity index (χ3n) is 4.75. The lowest BCUT2D eigenvalue weighted by Gasteiger charge is -2.33. The third-order valence-corrected chi connectivity index (χ3v) is 4.75. The van der Waals surface area contributed by atoms with Crippen molar-refractivity contribution in [2.45, 2.75) is 76.9 Å². The molecule has 2 atom stereocenters. The Morgan fingerprint density at radius 1 is 1.00 bits per heavy atom. The second-order valence-electron chi connectivity index (χ2n) is 6.27. The summed E-state index contributed by atoms with van der Waals surface area (Å²) in [5.74, 6) is 1.69. The highest BCUT2D eigenvalue weighted by Gasteiger charge is 2.39. The van der Waals surface area contributed by atoms with E-state index in [9.17, 15) is 0 Å². The summed E-state index contributed by atoms with van der Waals surface area (Å²) >= 11 is 0. The van der Waals surface area contributed by atoms with Crippen molar-refractivity contribution >= 4 is 0 Å². The van der Waals surface area contributed by atoms with Gasteiger partial charge in [-0.2, -0.15) is 0 Å². The average Bonchev–Trinajstić information content (AvgIpc) is 3.20. The maximum atomic E-state index is 5.86. The van der Waals surface area contributed by atoms with E-state index >= 15 is 0 Å². The zero-order chi connectivity index (χ0) is 12.8. The van der Waals surface area contributed by atoms with Crippen molar-refractivity contribution in [1.29, 1.82) is 0 Å². The second kappa shape index (κ2) is 7.49. The zero-order valence-corrected chi connectivity index (χ0v) is 12.3. The number of hydrogen-bond acceptors (Lipinski definition) is 2. The first kappa shape index (κ1) is 14.3. The van der Waals surface area contributed by atoms with Crippen LogP contribution in [0.5, 0.6) is 0 Å². The molecule has 0 amide bonds. The smallest absolute Gasteiger partial charge is 0.0755 e. The van der Waals surface area contributed by atoms with Gasteiger partial charge in [-0.05, 0) is 50.5 Å². The van der Waals surface area contributed by atoms with Gasteiger partial charge in [-0.15, -0.1) is 0 Å². The highest BCUT2D eigenvalue weighted by Crippen LogP contribution is 2.39. The summed E-state index contributed by atoms with van der Waals surface area (Å²) in [7, 11) is 1.92. The van der Waals surface area contributed by atoms with Crippen LogP contribution in [0.25, 0.3) is 0 Å². The average molecular weight is 253 g/mol. The normalized spacial score (nSPS) is 25.7. The molecule has 0 radical (unpaired) electrons. The molecule has 2 nitrogen and oxygen atoms in total. The third kappa shape index (κ3) is 3.96. The monoisotopic (exact) mass is 253 g/mol. The van der Waals surface area contributed by atoms with Crippen LogP contribution >= 0.6 is 0 Å². The molecule has 2 fully saturated rings. The van der Waals surface area contributed by atoms with Crippen molar-refractivity contribution < 1.29 is 4.74 Å². The van der Waals surface area contributed by atoms with Gasteiger partial charge in [-0.1, -0.05) is 32.6 Å². The largest absolute Gasteiger partial charge is 0.380 e. The predicted octanol–water partition coefficient (Wildman–Crippen LogP) is 3.75. The number of methoxy groups -OCH3 is 1. The molecular weight excluding hydrogens is 222 g/mol. The molecule has 0 aromatic heterocycles. The number of ether oxygens (including phenoxy) is 1. The van der Waals surface area contributed by atoms with E-state index in [1.807, 2.05) is 7.11 Å². The van der Waals surface area contributed by atoms with Crippen LogP contribution in [0.2, 0.25) is 0 Å². The number of rotatable bonds is 7. The fourth-order valence-corrected chi connectivity index (χ4v) is 3.59. The van der Waals surface area contributed by atoms with Gasteiger partial charge in [-0.25, -0.2) is 0 Å². The SMILES string of the molecule is CCCNC(C1CCCCCC1)C(OC)C1CC1. The molecule has 0 heterocycles. The standard InChI is InChI=1S/C16H31NO/c1-3-12-17-15(16(18-2)14-10-11-14)13-8-6-4-5-7-9-13/h13-17H,3-12H2,1-2H3. The second-order valence-corrected chi connectivity index (χ2v) is 6.27. The molecule has 2 aliphatic rings. The fraction of sp³-hybridized carbons (Fsp3) is 1.00. The van der Waals surface area contributed by atoms with E-state index in [1.165, 1.54) is 57.8 Å². The van der Waals surface area contributed by atoms with Gasteiger partial charge in [0.25, 0.3) is 0 Å². The van der Waals surface area contributed by atoms with Gasteiger partial charge < -0.3 is 10.1 Å². The molecule has 2 saturated carbocycles. The lowest BCUT2D eigenvalue weighted by atomic mass is 9.86. The molecule has 2 unspecified atom stereocenters. The Morgan fingerprint density at radius 3 is 2.17 bits per heavy atom. The van der Waals surface area contributed by atoms with Crippen LogP contribution in [0.15, 0.2) is 0 Å². The van der Waals surface area contributed by atoms with Crippen LogP contribution in [-0.2, 0) is 4.74 Å². The molecule has 0 aromatic rings. The van der Waals surface area contributed by atoms with Crippen LogP contribution in [0.4, 0.5) is 0 Å². The first-order valence-electron chi connectivity index (χ1n) is 8.13. The van der Waals surface area contributed by atoms with Crippen LogP contribution < -0.4 is 5.32 Å². The van der Waals surface area contributed by atoms with E-state index in [0.717, 1.165) is 18.4 Å². The van der Waals surface area contributed by atoms with Crippen molar-refractivity contribution in [2.75, 3.05) is 13.7 Å². The van der Waals surface area contributed by atoms with E-state index in [0.29, 0.717) is 12.1 Å². The van der Waals surface area contributed by atoms with Crippen LogP contribution in [-0.4, -0.2) is 25.8 Å². The highest BCUT2D eigenvalue weighted by molar-refractivity contribution is 4.93. The van der Waals surface area contributed by atoms with E-state index < -0.39 is 0 Å². The molecule has 18 heavy (non-hydrogen) atoms. The van der Waals surface area contributed by atoms with Gasteiger partial charge in [0.15, 0.2) is 0 Å². The maximum Gasteiger partial charge on any atom is 0.0755 e. The van der Waals surface area contributed by atoms with E-state index in [-0.39, 0.29) is 0 Å². The molecule has 0 bridgehead atoms. The molecule has 2 heteroatoms. The van der Waals surface area contributed by atoms with Gasteiger partial charge in [-0.3, -0.25) is 0 Å². The molecule has 1 N–H and O–H groups in total. The summed E-state index contributed by atoms with van der Waals surface area (Å²) in [6.07, 6.45) is 13.0. The summed E-state index contributed by atoms with van der Waals surface area (Å²) in [6, 6.07) is 0.612.